The number of sulfonamides is 1. The molecule has 0 unspecified atom stereocenters. The number of anilines is 3. The van der Waals surface area contributed by atoms with Gasteiger partial charge in [0.15, 0.2) is 0 Å². The molecule has 0 saturated carbocycles. The van der Waals surface area contributed by atoms with Crippen molar-refractivity contribution in [2.45, 2.75) is 13.0 Å². The summed E-state index contributed by atoms with van der Waals surface area (Å²) in [4.78, 5) is 27.2. The number of nitrogens with two attached hydrogens (primary N) is 1. The van der Waals surface area contributed by atoms with Crippen molar-refractivity contribution >= 4 is 38.4 Å². The zero-order valence-electron chi connectivity index (χ0n) is 21.5. The summed E-state index contributed by atoms with van der Waals surface area (Å²) in [5, 5.41) is 13.1. The first kappa shape index (κ1) is 26.3. The van der Waals surface area contributed by atoms with Crippen molar-refractivity contribution < 1.29 is 8.42 Å². The molecule has 0 amide bonds. The molecule has 4 N–H and O–H groups in total. The molecule has 12 heteroatoms. The van der Waals surface area contributed by atoms with Gasteiger partial charge in [0.1, 0.15) is 23.3 Å². The van der Waals surface area contributed by atoms with Crippen molar-refractivity contribution in [3.8, 4) is 22.9 Å². The number of benzene rings is 3. The van der Waals surface area contributed by atoms with Crippen molar-refractivity contribution in [3.05, 3.63) is 101 Å². The van der Waals surface area contributed by atoms with Crippen LogP contribution >= 0.6 is 0 Å². The largest absolute Gasteiger partial charge is 0.368 e. The first-order chi connectivity index (χ1) is 19.1. The molecule has 5 rings (SSSR count). The maximum absolute atomic E-state index is 14.2. The highest BCUT2D eigenvalue weighted by molar-refractivity contribution is 7.92. The van der Waals surface area contributed by atoms with E-state index in [1.165, 1.54) is 10.8 Å². The summed E-state index contributed by atoms with van der Waals surface area (Å²) < 4.78 is 27.2. The van der Waals surface area contributed by atoms with Crippen LogP contribution in [0.2, 0.25) is 0 Å². The lowest BCUT2D eigenvalue weighted by atomic mass is 10.0. The van der Waals surface area contributed by atoms with Crippen molar-refractivity contribution in [2.24, 2.45) is 0 Å². The first-order valence-electron chi connectivity index (χ1n) is 12.1. The molecule has 5 aromatic rings. The minimum Gasteiger partial charge on any atom is -0.368 e. The van der Waals surface area contributed by atoms with E-state index in [2.05, 4.69) is 20.0 Å². The van der Waals surface area contributed by atoms with Crippen molar-refractivity contribution in [1.82, 2.24) is 19.5 Å². The summed E-state index contributed by atoms with van der Waals surface area (Å²) in [6, 6.07) is 22.7. The third-order valence-corrected chi connectivity index (χ3v) is 6.71. The van der Waals surface area contributed by atoms with Gasteiger partial charge in [0.05, 0.1) is 35.1 Å². The molecular formula is C28H24N8O3S. The summed E-state index contributed by atoms with van der Waals surface area (Å²) in [7, 11) is -3.43. The molecule has 0 fully saturated rings. The molecule has 11 nitrogen and oxygen atoms in total. The van der Waals surface area contributed by atoms with Gasteiger partial charge in [-0.05, 0) is 48.4 Å². The highest BCUT2D eigenvalue weighted by atomic mass is 32.2. The number of nitrogens with zero attached hydrogens (tertiary/aromatic N) is 5. The molecule has 1 atom stereocenters. The van der Waals surface area contributed by atoms with Gasteiger partial charge in [0.25, 0.3) is 5.56 Å². The van der Waals surface area contributed by atoms with Crippen LogP contribution in [0.5, 0.6) is 0 Å². The summed E-state index contributed by atoms with van der Waals surface area (Å²) in [5.41, 5.74) is 8.51. The molecule has 2 aromatic heterocycles. The Balaban J connectivity index is 1.68. The Labute approximate surface area is 230 Å². The van der Waals surface area contributed by atoms with Gasteiger partial charge in [-0.3, -0.25) is 14.1 Å². The topological polar surface area (TPSA) is 169 Å². The van der Waals surface area contributed by atoms with Crippen molar-refractivity contribution in [2.75, 3.05) is 22.0 Å². The molecule has 0 spiro atoms. The van der Waals surface area contributed by atoms with E-state index in [1.54, 1.807) is 36.4 Å². The van der Waals surface area contributed by atoms with Crippen LogP contribution in [0.25, 0.3) is 27.7 Å². The van der Waals surface area contributed by atoms with E-state index in [1.807, 2.05) is 49.4 Å². The van der Waals surface area contributed by atoms with Gasteiger partial charge in [-0.25, -0.2) is 18.4 Å². The number of hydrogen-bond acceptors (Lipinski definition) is 9. The van der Waals surface area contributed by atoms with Gasteiger partial charge in [-0.15, -0.1) is 0 Å². The monoisotopic (exact) mass is 552 g/mol. The van der Waals surface area contributed by atoms with Crippen LogP contribution < -0.4 is 21.3 Å². The SMILES string of the molecule is C[C@@H](Nc1nc(N)ncc1C#N)c1nc2cccc(-c3ccc(NS(C)(=O)=O)cc3)c2c(=O)n1-c1ccccc1. The highest BCUT2D eigenvalue weighted by Gasteiger charge is 2.21. The summed E-state index contributed by atoms with van der Waals surface area (Å²) >= 11 is 0. The Hall–Kier alpha value is -5.28. The van der Waals surface area contributed by atoms with Crippen LogP contribution in [-0.4, -0.2) is 34.2 Å². The van der Waals surface area contributed by atoms with Crippen LogP contribution in [0.1, 0.15) is 24.4 Å². The number of nitrogen functional groups attached to an aromatic ring is 1. The van der Waals surface area contributed by atoms with E-state index in [-0.39, 0.29) is 22.9 Å². The Morgan fingerprint density at radius 3 is 2.40 bits per heavy atom. The zero-order chi connectivity index (χ0) is 28.4. The van der Waals surface area contributed by atoms with E-state index in [0.29, 0.717) is 33.7 Å². The van der Waals surface area contributed by atoms with Gasteiger partial charge in [0, 0.05) is 5.69 Å². The summed E-state index contributed by atoms with van der Waals surface area (Å²) in [6.07, 6.45) is 2.41. The minimum atomic E-state index is -3.43. The first-order valence-corrected chi connectivity index (χ1v) is 14.0. The number of nitriles is 1. The second kappa shape index (κ2) is 10.5. The predicted molar refractivity (Wildman–Crippen MR) is 154 cm³/mol. The van der Waals surface area contributed by atoms with Crippen LogP contribution in [-0.2, 0) is 10.0 Å². The third kappa shape index (κ3) is 5.31. The molecule has 0 aliphatic heterocycles. The molecule has 2 heterocycles. The molecule has 3 aromatic carbocycles. The van der Waals surface area contributed by atoms with Gasteiger partial charge >= 0.3 is 0 Å². The minimum absolute atomic E-state index is 0.00279. The van der Waals surface area contributed by atoms with Gasteiger partial charge in [-0.1, -0.05) is 42.5 Å². The van der Waals surface area contributed by atoms with Crippen molar-refractivity contribution in [1.29, 1.82) is 5.26 Å². The summed E-state index contributed by atoms with van der Waals surface area (Å²) in [5.74, 6) is 0.630. The van der Waals surface area contributed by atoms with Gasteiger partial charge in [0.2, 0.25) is 16.0 Å². The predicted octanol–water partition coefficient (Wildman–Crippen LogP) is 3.84. The van der Waals surface area contributed by atoms with E-state index in [9.17, 15) is 18.5 Å². The molecule has 0 radical (unpaired) electrons. The van der Waals surface area contributed by atoms with Gasteiger partial charge < -0.3 is 11.1 Å². The maximum atomic E-state index is 14.2. The number of nitrogens with one attached hydrogen (secondary N) is 2. The number of para-hydroxylation sites is 1. The second-order valence-corrected chi connectivity index (χ2v) is 10.8. The fourth-order valence-electron chi connectivity index (χ4n) is 4.39. The normalized spacial score (nSPS) is 12.0. The molecule has 40 heavy (non-hydrogen) atoms. The van der Waals surface area contributed by atoms with Crippen molar-refractivity contribution in [3.63, 3.8) is 0 Å². The fourth-order valence-corrected chi connectivity index (χ4v) is 4.96. The number of hydrogen-bond donors (Lipinski definition) is 3. The Kier molecular flexibility index (Phi) is 6.89. The Morgan fingerprint density at radius 1 is 1.00 bits per heavy atom. The number of aromatic nitrogens is 4. The third-order valence-electron chi connectivity index (χ3n) is 6.11. The Morgan fingerprint density at radius 2 is 1.73 bits per heavy atom. The van der Waals surface area contributed by atoms with E-state index < -0.39 is 16.1 Å². The zero-order valence-corrected chi connectivity index (χ0v) is 22.3. The molecule has 0 aliphatic rings. The molecule has 0 saturated heterocycles. The smallest absolute Gasteiger partial charge is 0.266 e. The number of fused-ring (bicyclic) bond motifs is 1. The van der Waals surface area contributed by atoms with Gasteiger partial charge in [-0.2, -0.15) is 10.2 Å². The van der Waals surface area contributed by atoms with Crippen LogP contribution in [0.3, 0.4) is 0 Å². The average molecular weight is 553 g/mol. The lowest BCUT2D eigenvalue weighted by molar-refractivity contribution is 0.607. The quantitative estimate of drug-likeness (QED) is 0.271. The molecule has 0 aliphatic carbocycles. The molecule has 0 bridgehead atoms. The standard InChI is InChI=1S/C28H24N8O3S/c1-17(32-25-19(15-29)16-31-28(30)34-25)26-33-23-10-6-9-22(18-11-13-20(14-12-18)35-40(2,38)39)24(23)27(37)36(26)21-7-4-3-5-8-21/h3-14,16-17,35H,1-2H3,(H3,30,31,32,34)/t17-/m1/s1. The van der Waals surface area contributed by atoms with Crippen LogP contribution in [0.15, 0.2) is 83.8 Å². The van der Waals surface area contributed by atoms with E-state index in [0.717, 1.165) is 11.8 Å². The fraction of sp³-hybridized carbons (Fsp3) is 0.107. The lowest BCUT2D eigenvalue weighted by Gasteiger charge is -2.21. The molecule has 200 valence electrons. The Bertz CT molecular complexity index is 1930. The maximum Gasteiger partial charge on any atom is 0.266 e. The van der Waals surface area contributed by atoms with Crippen LogP contribution in [0.4, 0.5) is 17.5 Å². The number of rotatable bonds is 7. The molecular weight excluding hydrogens is 528 g/mol. The summed E-state index contributed by atoms with van der Waals surface area (Å²) in [6.45, 7) is 1.81. The highest BCUT2D eigenvalue weighted by Crippen LogP contribution is 2.29. The van der Waals surface area contributed by atoms with E-state index in [4.69, 9.17) is 10.7 Å². The van der Waals surface area contributed by atoms with E-state index >= 15 is 0 Å². The lowest BCUT2D eigenvalue weighted by Crippen LogP contribution is -2.28. The second-order valence-electron chi connectivity index (χ2n) is 9.07. The average Bonchev–Trinajstić information content (AvgIpc) is 2.93. The van der Waals surface area contributed by atoms with Crippen LogP contribution in [0, 0.1) is 11.3 Å².